The van der Waals surface area contributed by atoms with Crippen LogP contribution >= 0.6 is 11.6 Å². The number of nitrogens with one attached hydrogen (secondary N) is 2. The third kappa shape index (κ3) is 4.84. The van der Waals surface area contributed by atoms with Crippen molar-refractivity contribution in [2.75, 3.05) is 5.32 Å². The summed E-state index contributed by atoms with van der Waals surface area (Å²) in [6, 6.07) is 5.97. The van der Waals surface area contributed by atoms with E-state index in [9.17, 15) is 18.0 Å². The number of hydrogen-bond acceptors (Lipinski definition) is 8. The topological polar surface area (TPSA) is 136 Å². The molecule has 0 fully saturated rings. The van der Waals surface area contributed by atoms with Crippen LogP contribution in [0.2, 0.25) is 5.15 Å². The number of benzene rings is 1. The van der Waals surface area contributed by atoms with Crippen molar-refractivity contribution in [3.05, 3.63) is 68.7 Å². The van der Waals surface area contributed by atoms with Gasteiger partial charge in [0.05, 0.1) is 28.9 Å². The van der Waals surface area contributed by atoms with Gasteiger partial charge in [0.2, 0.25) is 10.9 Å². The lowest BCUT2D eigenvalue weighted by atomic mass is 9.99. The molecule has 4 rings (SSSR count). The maximum atomic E-state index is 13.3. The van der Waals surface area contributed by atoms with Crippen LogP contribution in [0.25, 0.3) is 22.3 Å². The Hall–Kier alpha value is -3.70. The summed E-state index contributed by atoms with van der Waals surface area (Å²) < 4.78 is 35.2. The molecule has 1 atom stereocenters. The zero-order valence-electron chi connectivity index (χ0n) is 20.2. The van der Waals surface area contributed by atoms with Gasteiger partial charge in [0.25, 0.3) is 10.0 Å². The molecule has 0 radical (unpaired) electrons. The predicted octanol–water partition coefficient (Wildman–Crippen LogP) is 3.86. The van der Waals surface area contributed by atoms with Crippen LogP contribution in [0, 0.1) is 13.8 Å². The maximum absolute atomic E-state index is 13.3. The number of hydrogen-bond donors (Lipinski definition) is 2. The molecule has 0 aliphatic rings. The molecule has 4 aromatic rings. The lowest BCUT2D eigenvalue weighted by molar-refractivity contribution is -0.117. The summed E-state index contributed by atoms with van der Waals surface area (Å²) in [4.78, 5) is 28.7. The number of amides is 1. The number of halogens is 1. The number of nitrogens with zero attached hydrogens (tertiary/aromatic N) is 3. The van der Waals surface area contributed by atoms with Crippen molar-refractivity contribution >= 4 is 44.2 Å². The van der Waals surface area contributed by atoms with E-state index < -0.39 is 27.0 Å². The third-order valence-electron chi connectivity index (χ3n) is 5.56. The Balaban J connectivity index is 1.86. The van der Waals surface area contributed by atoms with Gasteiger partial charge in [0.15, 0.2) is 5.43 Å². The fourth-order valence-corrected chi connectivity index (χ4v) is 5.29. The van der Waals surface area contributed by atoms with Gasteiger partial charge in [0.1, 0.15) is 16.5 Å². The number of aromatic nitrogens is 3. The fourth-order valence-electron chi connectivity index (χ4n) is 3.98. The summed E-state index contributed by atoms with van der Waals surface area (Å²) >= 11 is 5.95. The van der Waals surface area contributed by atoms with Gasteiger partial charge < -0.3 is 9.73 Å². The van der Waals surface area contributed by atoms with Gasteiger partial charge in [-0.3, -0.25) is 14.3 Å². The highest BCUT2D eigenvalue weighted by Gasteiger charge is 2.25. The van der Waals surface area contributed by atoms with E-state index in [1.807, 2.05) is 17.7 Å². The number of carbonyl (C=O) groups excluding carboxylic acids is 1. The van der Waals surface area contributed by atoms with Crippen molar-refractivity contribution in [1.29, 1.82) is 0 Å². The summed E-state index contributed by atoms with van der Waals surface area (Å²) in [6.45, 7) is 6.44. The molecule has 0 aliphatic heterocycles. The van der Waals surface area contributed by atoms with Crippen molar-refractivity contribution in [3.63, 3.8) is 0 Å². The van der Waals surface area contributed by atoms with Crippen molar-refractivity contribution in [2.24, 2.45) is 7.05 Å². The molecule has 188 valence electrons. The van der Waals surface area contributed by atoms with Crippen molar-refractivity contribution in [1.82, 2.24) is 19.5 Å². The molecule has 2 N–H and O–H groups in total. The van der Waals surface area contributed by atoms with Crippen LogP contribution in [-0.2, 0) is 21.9 Å². The molecular weight excluding hydrogens is 506 g/mol. The lowest BCUT2D eigenvalue weighted by Crippen LogP contribution is -2.29. The number of aryl methyl sites for hydroxylation is 2. The Morgan fingerprint density at radius 1 is 1.22 bits per heavy atom. The molecule has 0 spiro atoms. The standard InChI is InChI=1S/C24H24ClN5O5S/c1-12-8-17(14(3)27-19-6-7-20(25)28-24(19)36(33,34)29-15(4)31)23-18(9-12)21(32)13(2)22(35-23)16-10-26-30(5)11-16/h6-11,14,27H,1-5H3,(H,29,31). The van der Waals surface area contributed by atoms with Crippen LogP contribution in [0.15, 0.2) is 50.9 Å². The van der Waals surface area contributed by atoms with Crippen molar-refractivity contribution < 1.29 is 17.6 Å². The molecule has 3 heterocycles. The highest BCUT2D eigenvalue weighted by molar-refractivity contribution is 7.90. The Bertz CT molecular complexity index is 1680. The lowest BCUT2D eigenvalue weighted by Gasteiger charge is -2.20. The molecule has 0 saturated heterocycles. The predicted molar refractivity (Wildman–Crippen MR) is 136 cm³/mol. The third-order valence-corrected chi connectivity index (χ3v) is 7.14. The minimum atomic E-state index is -4.28. The minimum Gasteiger partial charge on any atom is -0.455 e. The van der Waals surface area contributed by atoms with Crippen molar-refractivity contribution in [3.8, 4) is 11.3 Å². The summed E-state index contributed by atoms with van der Waals surface area (Å²) in [7, 11) is -2.51. The first kappa shape index (κ1) is 25.4. The van der Waals surface area contributed by atoms with Crippen LogP contribution in [0.1, 0.15) is 36.6 Å². The van der Waals surface area contributed by atoms with E-state index in [1.54, 1.807) is 44.0 Å². The molecule has 36 heavy (non-hydrogen) atoms. The summed E-state index contributed by atoms with van der Waals surface area (Å²) in [5.41, 5.74) is 2.89. The number of anilines is 1. The summed E-state index contributed by atoms with van der Waals surface area (Å²) in [5, 5.41) is 7.21. The molecule has 1 aromatic carbocycles. The second-order valence-electron chi connectivity index (χ2n) is 8.53. The van der Waals surface area contributed by atoms with Gasteiger partial charge in [-0.2, -0.15) is 13.5 Å². The van der Waals surface area contributed by atoms with Crippen LogP contribution in [0.3, 0.4) is 0 Å². The van der Waals surface area contributed by atoms with E-state index in [4.69, 9.17) is 16.0 Å². The van der Waals surface area contributed by atoms with Crippen LogP contribution in [-0.4, -0.2) is 29.1 Å². The monoisotopic (exact) mass is 529 g/mol. The van der Waals surface area contributed by atoms with Gasteiger partial charge in [-0.25, -0.2) is 9.71 Å². The number of fused-ring (bicyclic) bond motifs is 1. The number of rotatable bonds is 6. The Labute approximate surface area is 212 Å². The normalized spacial score (nSPS) is 12.5. The van der Waals surface area contributed by atoms with Crippen LogP contribution in [0.4, 0.5) is 5.69 Å². The van der Waals surface area contributed by atoms with Gasteiger partial charge in [-0.1, -0.05) is 17.7 Å². The highest BCUT2D eigenvalue weighted by atomic mass is 35.5. The van der Waals surface area contributed by atoms with Gasteiger partial charge in [0, 0.05) is 31.3 Å². The second-order valence-corrected chi connectivity index (χ2v) is 10.5. The zero-order chi connectivity index (χ0) is 26.4. The first-order chi connectivity index (χ1) is 16.9. The van der Waals surface area contributed by atoms with Crippen molar-refractivity contribution in [2.45, 2.75) is 38.8 Å². The number of carbonyl (C=O) groups is 1. The molecule has 10 nitrogen and oxygen atoms in total. The van der Waals surface area contributed by atoms with E-state index in [0.29, 0.717) is 33.4 Å². The first-order valence-corrected chi connectivity index (χ1v) is 12.8. The summed E-state index contributed by atoms with van der Waals surface area (Å²) in [5.74, 6) is -0.361. The van der Waals surface area contributed by atoms with E-state index >= 15 is 0 Å². The Morgan fingerprint density at radius 3 is 2.58 bits per heavy atom. The average molecular weight is 530 g/mol. The number of sulfonamides is 1. The van der Waals surface area contributed by atoms with Crippen LogP contribution < -0.4 is 15.5 Å². The average Bonchev–Trinajstić information content (AvgIpc) is 3.22. The molecule has 0 saturated carbocycles. The summed E-state index contributed by atoms with van der Waals surface area (Å²) in [6.07, 6.45) is 3.37. The van der Waals surface area contributed by atoms with Gasteiger partial charge >= 0.3 is 0 Å². The molecular formula is C24H24ClN5O5S. The maximum Gasteiger partial charge on any atom is 0.283 e. The quantitative estimate of drug-likeness (QED) is 0.359. The van der Waals surface area contributed by atoms with Gasteiger partial charge in [-0.05, 0) is 44.5 Å². The SMILES string of the molecule is CC(=O)NS(=O)(=O)c1nc(Cl)ccc1NC(C)c1cc(C)cc2c(=O)c(C)c(-c3cnn(C)c3)oc12. The zero-order valence-corrected chi connectivity index (χ0v) is 21.8. The fraction of sp³-hybridized carbons (Fsp3) is 0.250. The molecule has 3 aromatic heterocycles. The Kier molecular flexibility index (Phi) is 6.63. The van der Waals surface area contributed by atoms with E-state index in [-0.39, 0.29) is 16.3 Å². The molecule has 1 unspecified atom stereocenters. The molecule has 1 amide bonds. The molecule has 12 heteroatoms. The smallest absolute Gasteiger partial charge is 0.283 e. The van der Waals surface area contributed by atoms with E-state index in [0.717, 1.165) is 12.5 Å². The van der Waals surface area contributed by atoms with E-state index in [2.05, 4.69) is 15.4 Å². The number of pyridine rings is 1. The molecule has 0 bridgehead atoms. The van der Waals surface area contributed by atoms with Gasteiger partial charge in [-0.15, -0.1) is 0 Å². The first-order valence-electron chi connectivity index (χ1n) is 10.9. The van der Waals surface area contributed by atoms with E-state index in [1.165, 1.54) is 12.1 Å². The Morgan fingerprint density at radius 2 is 1.94 bits per heavy atom. The molecule has 0 aliphatic carbocycles. The largest absolute Gasteiger partial charge is 0.455 e. The highest BCUT2D eigenvalue weighted by Crippen LogP contribution is 2.33. The minimum absolute atomic E-state index is 0.0549. The second kappa shape index (κ2) is 9.40. The van der Waals surface area contributed by atoms with Crippen LogP contribution in [0.5, 0.6) is 0 Å².